The summed E-state index contributed by atoms with van der Waals surface area (Å²) >= 11 is 0. The third-order valence-corrected chi connectivity index (χ3v) is 15.9. The monoisotopic (exact) mass is 1240 g/mol. The van der Waals surface area contributed by atoms with Gasteiger partial charge in [-0.25, -0.2) is 31.9 Å². The fourth-order valence-electron chi connectivity index (χ4n) is 11.2. The molecule has 8 heterocycles. The van der Waals surface area contributed by atoms with Crippen LogP contribution in [0.25, 0.3) is 90.9 Å². The second-order valence-electron chi connectivity index (χ2n) is 21.5. The molecule has 0 unspecified atom stereocenters. The molecule has 89 heavy (non-hydrogen) atoms. The minimum atomic E-state index is -2.41. The highest BCUT2D eigenvalue weighted by molar-refractivity contribution is 6.00. The summed E-state index contributed by atoms with van der Waals surface area (Å²) in [5.74, 6) is -11.0. The van der Waals surface area contributed by atoms with Crippen molar-refractivity contribution >= 4 is 46.4 Å². The normalized spacial score (nSPS) is 27.6. The van der Waals surface area contributed by atoms with Crippen LogP contribution < -0.4 is 14.2 Å². The van der Waals surface area contributed by atoms with Gasteiger partial charge in [0, 0.05) is 44.3 Å². The van der Waals surface area contributed by atoms with E-state index in [4.69, 9.17) is 38.4 Å². The molecule has 0 spiro atoms. The Bertz CT molecular complexity index is 3830. The van der Waals surface area contributed by atoms with Crippen LogP contribution in [0.5, 0.6) is 17.2 Å². The third-order valence-electron chi connectivity index (χ3n) is 15.9. The zero-order valence-corrected chi connectivity index (χ0v) is 45.9. The Morgan fingerprint density at radius 3 is 0.899 bits per heavy atom. The predicted octanol–water partition coefficient (Wildman–Crippen LogP) is 3.56. The second kappa shape index (κ2) is 24.7. The molecule has 0 saturated carbocycles. The van der Waals surface area contributed by atoms with E-state index in [0.717, 1.165) is 0 Å². The third kappa shape index (κ3) is 11.2. The van der Waals surface area contributed by atoms with Gasteiger partial charge >= 0.3 is 0 Å². The van der Waals surface area contributed by atoms with Gasteiger partial charge in [-0.1, -0.05) is 36.4 Å². The molecule has 3 saturated heterocycles. The van der Waals surface area contributed by atoms with Crippen molar-refractivity contribution < 1.29 is 112 Å². The van der Waals surface area contributed by atoms with Gasteiger partial charge in [0.15, 0.2) is 23.3 Å². The summed E-state index contributed by atoms with van der Waals surface area (Å²) in [5.41, 5.74) is 1.43. The first-order valence-electron chi connectivity index (χ1n) is 27.7. The molecule has 0 aliphatic carbocycles. The van der Waals surface area contributed by atoms with Crippen molar-refractivity contribution in [2.24, 2.45) is 0 Å². The maximum atomic E-state index is 16.4. The van der Waals surface area contributed by atoms with E-state index in [1.165, 1.54) is 60.7 Å². The second-order valence-corrected chi connectivity index (χ2v) is 21.5. The van der Waals surface area contributed by atoms with Crippen LogP contribution in [0.15, 0.2) is 97.1 Å². The highest BCUT2D eigenvalue weighted by Gasteiger charge is 2.47. The van der Waals surface area contributed by atoms with Gasteiger partial charge in [0.1, 0.15) is 90.5 Å². The van der Waals surface area contributed by atoms with Gasteiger partial charge in [-0.05, 0) is 102 Å². The van der Waals surface area contributed by atoms with E-state index < -0.39 is 152 Å². The number of rotatable bonds is 13. The van der Waals surface area contributed by atoms with Crippen LogP contribution in [-0.4, -0.2) is 193 Å². The van der Waals surface area contributed by atoms with Crippen LogP contribution in [0.1, 0.15) is 22.8 Å². The summed E-state index contributed by atoms with van der Waals surface area (Å²) in [6, 6.07) is 25.3. The number of aliphatic hydroxyl groups is 12. The molecule has 5 aliphatic heterocycles. The van der Waals surface area contributed by atoms with Crippen LogP contribution in [0.3, 0.4) is 0 Å². The summed E-state index contributed by atoms with van der Waals surface area (Å²) < 4.78 is 113. The first kappa shape index (κ1) is 61.2. The van der Waals surface area contributed by atoms with Gasteiger partial charge in [-0.15, -0.1) is 0 Å². The quantitative estimate of drug-likeness (QED) is 0.0446. The Balaban J connectivity index is 1.07. The maximum absolute atomic E-state index is 16.4. The lowest BCUT2D eigenvalue weighted by molar-refractivity contribution is -0.277. The number of H-pyrrole nitrogens is 2. The van der Waals surface area contributed by atoms with Gasteiger partial charge in [0.2, 0.25) is 24.7 Å². The predicted molar refractivity (Wildman–Crippen MR) is 304 cm³/mol. The van der Waals surface area contributed by atoms with Crippen molar-refractivity contribution in [2.75, 3.05) is 19.8 Å². The average Bonchev–Trinajstić information content (AvgIpc) is 1.84. The van der Waals surface area contributed by atoms with Crippen molar-refractivity contribution in [3.05, 3.63) is 149 Å². The molecule has 27 heteroatoms. The molecule has 7 aromatic rings. The van der Waals surface area contributed by atoms with Gasteiger partial charge in [-0.3, -0.25) is 0 Å². The Morgan fingerprint density at radius 1 is 0.326 bits per heavy atom. The Kier molecular flexibility index (Phi) is 17.0. The Hall–Kier alpha value is -8.07. The number of nitrogens with zero attached hydrogens (tertiary/aromatic N) is 2. The number of benzene rings is 4. The molecule has 8 bridgehead atoms. The molecule has 5 aliphatic rings. The molecule has 12 rings (SSSR count). The molecule has 3 fully saturated rings. The van der Waals surface area contributed by atoms with Crippen molar-refractivity contribution in [2.45, 2.75) is 92.1 Å². The highest BCUT2D eigenvalue weighted by Crippen LogP contribution is 2.42. The number of nitrogens with one attached hydrogen (secondary N) is 2. The maximum Gasteiger partial charge on any atom is 0.229 e. The lowest BCUT2D eigenvalue weighted by atomic mass is 9.99. The highest BCUT2D eigenvalue weighted by atomic mass is 19.2. The molecular weight excluding hydrogens is 1180 g/mol. The number of halogens is 5. The van der Waals surface area contributed by atoms with E-state index >= 15 is 17.6 Å². The van der Waals surface area contributed by atoms with E-state index in [2.05, 4.69) is 9.97 Å². The van der Waals surface area contributed by atoms with Crippen LogP contribution >= 0.6 is 0 Å². The largest absolute Gasteiger partial charge is 0.462 e. The fraction of sp³-hybridized carbons (Fsp3) is 0.290. The molecule has 0 radical (unpaired) electrons. The topological polar surface area (TPSA) is 356 Å². The zero-order valence-electron chi connectivity index (χ0n) is 45.9. The Morgan fingerprint density at radius 2 is 0.596 bits per heavy atom. The van der Waals surface area contributed by atoms with Gasteiger partial charge in [-0.2, -0.15) is 0 Å². The standard InChI is InChI=1S/C62H55F5N4O18/c63-46-45(47(64)49(66)50(67)48(46)65)44-36-19-17-34(70-36)42(25-3-9-28(10-4-25)85-61-58(82)55(79)52(76)39(22-73)88-61)32-15-13-30(68-32)41(24-1-7-27(8-2-24)84-60-57(81)54(78)51(75)38(21-72)87-60)31-14-16-33(69-31)43(35-18-20-37(44)71-35)26-5-11-29(12-6-26)86-62-59(83)56(80)53(77)40(23-74)89-62/h1-20,38-40,51-62,68-69,72-83H,21-23H2/t38-,39-,40-,51-,52-,53-,54+,55+,56+,57-,58-,59-,60-,61-,62-/m1/s1. The Labute approximate surface area is 499 Å². The number of aromatic amines is 2. The minimum absolute atomic E-state index is 0.0703. The van der Waals surface area contributed by atoms with Crippen molar-refractivity contribution in [3.63, 3.8) is 0 Å². The number of fused-ring (bicyclic) bond motifs is 8. The van der Waals surface area contributed by atoms with Crippen molar-refractivity contribution in [1.82, 2.24) is 19.9 Å². The molecular formula is C62H55F5N4O18. The smallest absolute Gasteiger partial charge is 0.229 e. The molecule has 22 nitrogen and oxygen atoms in total. The summed E-state index contributed by atoms with van der Waals surface area (Å²) in [4.78, 5) is 16.6. The summed E-state index contributed by atoms with van der Waals surface area (Å²) in [6.45, 7) is -2.14. The zero-order chi connectivity index (χ0) is 62.9. The summed E-state index contributed by atoms with van der Waals surface area (Å²) in [5, 5.41) is 124. The summed E-state index contributed by atoms with van der Waals surface area (Å²) in [6.07, 6.45) is -18.4. The molecule has 466 valence electrons. The van der Waals surface area contributed by atoms with Gasteiger partial charge in [0.25, 0.3) is 0 Å². The number of ether oxygens (including phenoxy) is 6. The van der Waals surface area contributed by atoms with Crippen molar-refractivity contribution in [3.8, 4) is 61.8 Å². The van der Waals surface area contributed by atoms with Crippen molar-refractivity contribution in [1.29, 1.82) is 0 Å². The SMILES string of the molecule is OC[C@H]1O[C@@H](Oc2ccc(-c3c4nc(c(-c5c(F)c(F)c(F)c(F)c5F)c5nc(c(-c6ccc(O[C@@H]7O[C@H](CO)[C@@H](O)[C@H](O)[C@H]7O)cc6)c6ccc([nH]6)c(-c6ccc(O[C@@H]7O[C@H](CO)[C@@H](O)[C@H](O)[C@H]7O)cc6)c6ccc3[nH]6)C=C5)C=C4)cc2)[C@H](O)[C@@H](O)[C@@H]1O. The average molecular weight is 1240 g/mol. The van der Waals surface area contributed by atoms with Gasteiger partial charge < -0.3 is 99.7 Å². The van der Waals surface area contributed by atoms with Crippen LogP contribution in [0.4, 0.5) is 22.0 Å². The number of aliphatic hydroxyl groups excluding tert-OH is 12. The first-order valence-corrected chi connectivity index (χ1v) is 27.7. The van der Waals surface area contributed by atoms with Crippen LogP contribution in [-0.2, 0) is 14.2 Å². The number of hydrogen-bond donors (Lipinski definition) is 14. The van der Waals surface area contributed by atoms with E-state index in [0.29, 0.717) is 44.3 Å². The molecule has 14 N–H and O–H groups in total. The van der Waals surface area contributed by atoms with E-state index in [1.807, 2.05) is 0 Å². The van der Waals surface area contributed by atoms with Crippen LogP contribution in [0.2, 0.25) is 0 Å². The first-order chi connectivity index (χ1) is 42.8. The van der Waals surface area contributed by atoms with Crippen LogP contribution in [0, 0.1) is 29.1 Å². The number of hydrogen-bond acceptors (Lipinski definition) is 20. The minimum Gasteiger partial charge on any atom is -0.462 e. The molecule has 3 aromatic heterocycles. The van der Waals surface area contributed by atoms with E-state index in [-0.39, 0.29) is 51.2 Å². The van der Waals surface area contributed by atoms with E-state index in [9.17, 15) is 65.7 Å². The van der Waals surface area contributed by atoms with E-state index in [1.54, 1.807) is 60.7 Å². The summed E-state index contributed by atoms with van der Waals surface area (Å²) in [7, 11) is 0. The lowest BCUT2D eigenvalue weighted by Crippen LogP contribution is -2.60. The van der Waals surface area contributed by atoms with Gasteiger partial charge in [0.05, 0.1) is 48.2 Å². The molecule has 4 aromatic carbocycles. The lowest BCUT2D eigenvalue weighted by Gasteiger charge is -2.39. The number of aromatic nitrogens is 4. The molecule has 0 amide bonds. The molecule has 15 atom stereocenters. The fourth-order valence-corrected chi connectivity index (χ4v) is 11.2.